The normalized spacial score (nSPS) is 19.5. The largest absolute Gasteiger partial charge is 0.478 e. The molecule has 1 aliphatic rings. The Kier molecular flexibility index (Phi) is 4.00. The molecular formula is C8H13NO2S. The fourth-order valence-corrected chi connectivity index (χ4v) is 1.98. The maximum Gasteiger partial charge on any atom is 0.329 e. The van der Waals surface area contributed by atoms with E-state index >= 15 is 0 Å². The smallest absolute Gasteiger partial charge is 0.329 e. The van der Waals surface area contributed by atoms with Crippen molar-refractivity contribution in [2.45, 2.75) is 6.42 Å². The lowest BCUT2D eigenvalue weighted by atomic mass is 10.4. The molecule has 0 saturated carbocycles. The standard InChI is InChI=1S/C8H13NO2S/c10-8(11)2-4-9-3-1-6-12-7-5-9/h2,4H,1,3,5-7H2,(H,10,11). The first-order valence-corrected chi connectivity index (χ1v) is 5.17. The maximum absolute atomic E-state index is 10.2. The lowest BCUT2D eigenvalue weighted by molar-refractivity contribution is -0.131. The summed E-state index contributed by atoms with van der Waals surface area (Å²) in [6, 6.07) is 0. The summed E-state index contributed by atoms with van der Waals surface area (Å²) in [5.74, 6) is 1.42. The zero-order valence-corrected chi connectivity index (χ0v) is 7.72. The van der Waals surface area contributed by atoms with Crippen LogP contribution in [0.5, 0.6) is 0 Å². The summed E-state index contributed by atoms with van der Waals surface area (Å²) in [6.07, 6.45) is 4.03. The SMILES string of the molecule is O=C(O)C=CN1CCCSCC1. The van der Waals surface area contributed by atoms with Crippen LogP contribution in [0, 0.1) is 0 Å². The minimum atomic E-state index is -0.869. The first kappa shape index (κ1) is 9.45. The van der Waals surface area contributed by atoms with E-state index < -0.39 is 5.97 Å². The summed E-state index contributed by atoms with van der Waals surface area (Å²) in [4.78, 5) is 12.3. The first-order chi connectivity index (χ1) is 5.79. The van der Waals surface area contributed by atoms with E-state index in [0.29, 0.717) is 0 Å². The van der Waals surface area contributed by atoms with Crippen LogP contribution in [0.25, 0.3) is 0 Å². The third-order valence-electron chi connectivity index (χ3n) is 1.68. The molecule has 68 valence electrons. The van der Waals surface area contributed by atoms with E-state index in [9.17, 15) is 4.79 Å². The van der Waals surface area contributed by atoms with Crippen molar-refractivity contribution in [3.8, 4) is 0 Å². The van der Waals surface area contributed by atoms with Crippen LogP contribution in [-0.4, -0.2) is 40.6 Å². The fourth-order valence-electron chi connectivity index (χ4n) is 1.08. The van der Waals surface area contributed by atoms with Crippen LogP contribution >= 0.6 is 11.8 Å². The Morgan fingerprint density at radius 3 is 3.00 bits per heavy atom. The Bertz CT molecular complexity index is 174. The molecule has 0 unspecified atom stereocenters. The number of carbonyl (C=O) groups is 1. The van der Waals surface area contributed by atoms with Crippen LogP contribution in [0.1, 0.15) is 6.42 Å². The van der Waals surface area contributed by atoms with E-state index in [2.05, 4.69) is 4.90 Å². The molecule has 0 aromatic heterocycles. The zero-order valence-electron chi connectivity index (χ0n) is 6.90. The van der Waals surface area contributed by atoms with E-state index in [1.165, 1.54) is 11.8 Å². The molecule has 1 heterocycles. The fraction of sp³-hybridized carbons (Fsp3) is 0.625. The topological polar surface area (TPSA) is 40.5 Å². The molecular weight excluding hydrogens is 174 g/mol. The van der Waals surface area contributed by atoms with Gasteiger partial charge in [0.05, 0.1) is 0 Å². The number of carboxylic acids is 1. The molecule has 0 spiro atoms. The van der Waals surface area contributed by atoms with Crippen molar-refractivity contribution in [1.82, 2.24) is 4.90 Å². The second kappa shape index (κ2) is 5.09. The van der Waals surface area contributed by atoms with E-state index in [4.69, 9.17) is 5.11 Å². The van der Waals surface area contributed by atoms with Gasteiger partial charge in [0.15, 0.2) is 0 Å². The van der Waals surface area contributed by atoms with Gasteiger partial charge in [-0.2, -0.15) is 11.8 Å². The minimum Gasteiger partial charge on any atom is -0.478 e. The molecule has 0 atom stereocenters. The summed E-state index contributed by atoms with van der Waals surface area (Å²) in [5.41, 5.74) is 0. The predicted octanol–water partition coefficient (Wildman–Crippen LogP) is 1.02. The summed E-state index contributed by atoms with van der Waals surface area (Å²) >= 11 is 1.93. The van der Waals surface area contributed by atoms with Gasteiger partial charge in [-0.05, 0) is 12.2 Å². The highest BCUT2D eigenvalue weighted by Crippen LogP contribution is 2.09. The van der Waals surface area contributed by atoms with Crippen LogP contribution in [0.4, 0.5) is 0 Å². The van der Waals surface area contributed by atoms with Crippen molar-refractivity contribution in [1.29, 1.82) is 0 Å². The summed E-state index contributed by atoms with van der Waals surface area (Å²) in [7, 11) is 0. The molecule has 1 N–H and O–H groups in total. The predicted molar refractivity (Wildman–Crippen MR) is 50.3 cm³/mol. The molecule has 0 bridgehead atoms. The molecule has 0 aromatic rings. The number of hydrogen-bond donors (Lipinski definition) is 1. The van der Waals surface area contributed by atoms with Crippen LogP contribution in [0.2, 0.25) is 0 Å². The number of rotatable bonds is 2. The number of thioether (sulfide) groups is 1. The highest BCUT2D eigenvalue weighted by molar-refractivity contribution is 7.99. The molecule has 1 fully saturated rings. The van der Waals surface area contributed by atoms with Crippen LogP contribution in [0.3, 0.4) is 0 Å². The number of carboxylic acid groups (broad SMARTS) is 1. The first-order valence-electron chi connectivity index (χ1n) is 4.02. The van der Waals surface area contributed by atoms with Gasteiger partial charge in [-0.15, -0.1) is 0 Å². The molecule has 0 aromatic carbocycles. The quantitative estimate of drug-likeness (QED) is 0.655. The van der Waals surface area contributed by atoms with Gasteiger partial charge in [-0.25, -0.2) is 4.79 Å². The summed E-state index contributed by atoms with van der Waals surface area (Å²) in [5, 5.41) is 8.40. The average molecular weight is 187 g/mol. The third-order valence-corrected chi connectivity index (χ3v) is 2.73. The number of aliphatic carboxylic acids is 1. The monoisotopic (exact) mass is 187 g/mol. The highest BCUT2D eigenvalue weighted by atomic mass is 32.2. The van der Waals surface area contributed by atoms with Gasteiger partial charge in [0, 0.05) is 31.1 Å². The van der Waals surface area contributed by atoms with Gasteiger partial charge in [-0.3, -0.25) is 0 Å². The van der Waals surface area contributed by atoms with Gasteiger partial charge < -0.3 is 10.0 Å². The van der Waals surface area contributed by atoms with Gasteiger partial charge in [0.25, 0.3) is 0 Å². The van der Waals surface area contributed by atoms with Crippen molar-refractivity contribution >= 4 is 17.7 Å². The Morgan fingerprint density at radius 1 is 1.42 bits per heavy atom. The summed E-state index contributed by atoms with van der Waals surface area (Å²) < 4.78 is 0. The van der Waals surface area contributed by atoms with Gasteiger partial charge in [0.2, 0.25) is 0 Å². The van der Waals surface area contributed by atoms with Gasteiger partial charge >= 0.3 is 5.97 Å². The van der Waals surface area contributed by atoms with Gasteiger partial charge in [-0.1, -0.05) is 0 Å². The van der Waals surface area contributed by atoms with Crippen LogP contribution < -0.4 is 0 Å². The number of hydrogen-bond acceptors (Lipinski definition) is 3. The van der Waals surface area contributed by atoms with E-state index in [-0.39, 0.29) is 0 Å². The van der Waals surface area contributed by atoms with Crippen LogP contribution in [-0.2, 0) is 4.79 Å². The van der Waals surface area contributed by atoms with E-state index in [0.717, 1.165) is 25.3 Å². The van der Waals surface area contributed by atoms with Crippen LogP contribution in [0.15, 0.2) is 12.3 Å². The average Bonchev–Trinajstić information content (AvgIpc) is 2.28. The Morgan fingerprint density at radius 2 is 2.25 bits per heavy atom. The zero-order chi connectivity index (χ0) is 8.81. The van der Waals surface area contributed by atoms with Crippen molar-refractivity contribution in [2.24, 2.45) is 0 Å². The molecule has 1 aliphatic heterocycles. The maximum atomic E-state index is 10.2. The molecule has 1 rings (SSSR count). The highest BCUT2D eigenvalue weighted by Gasteiger charge is 2.04. The lowest BCUT2D eigenvalue weighted by Gasteiger charge is -2.15. The van der Waals surface area contributed by atoms with E-state index in [1.54, 1.807) is 6.20 Å². The van der Waals surface area contributed by atoms with Crippen molar-refractivity contribution < 1.29 is 9.90 Å². The Labute approximate surface area is 76.4 Å². The molecule has 0 amide bonds. The molecule has 3 nitrogen and oxygen atoms in total. The lowest BCUT2D eigenvalue weighted by Crippen LogP contribution is -2.19. The Balaban J connectivity index is 2.34. The third kappa shape index (κ3) is 3.67. The van der Waals surface area contributed by atoms with Crippen molar-refractivity contribution in [2.75, 3.05) is 24.6 Å². The molecule has 12 heavy (non-hydrogen) atoms. The Hall–Kier alpha value is -0.640. The molecule has 0 radical (unpaired) electrons. The summed E-state index contributed by atoms with van der Waals surface area (Å²) in [6.45, 7) is 1.95. The molecule has 0 aliphatic carbocycles. The van der Waals surface area contributed by atoms with Crippen molar-refractivity contribution in [3.05, 3.63) is 12.3 Å². The minimum absolute atomic E-state index is 0.869. The molecule has 1 saturated heterocycles. The van der Waals surface area contributed by atoms with Crippen molar-refractivity contribution in [3.63, 3.8) is 0 Å². The number of nitrogens with zero attached hydrogens (tertiary/aromatic N) is 1. The second-order valence-electron chi connectivity index (χ2n) is 2.66. The second-order valence-corrected chi connectivity index (χ2v) is 3.88. The molecule has 4 heteroatoms. The van der Waals surface area contributed by atoms with Gasteiger partial charge in [0.1, 0.15) is 0 Å². The van der Waals surface area contributed by atoms with E-state index in [1.807, 2.05) is 11.8 Å².